The summed E-state index contributed by atoms with van der Waals surface area (Å²) in [6.07, 6.45) is 1.62. The van der Waals surface area contributed by atoms with E-state index in [1.54, 1.807) is 31.2 Å². The summed E-state index contributed by atoms with van der Waals surface area (Å²) >= 11 is 0. The Labute approximate surface area is 242 Å². The number of nitrogens with one attached hydrogen (secondary N) is 5. The first kappa shape index (κ1) is 30.7. The van der Waals surface area contributed by atoms with Gasteiger partial charge in [0.25, 0.3) is 0 Å². The van der Waals surface area contributed by atoms with Gasteiger partial charge in [-0.05, 0) is 49.4 Å². The summed E-state index contributed by atoms with van der Waals surface area (Å²) in [5, 5.41) is 19.7. The van der Waals surface area contributed by atoms with Crippen LogP contribution in [0.15, 0.2) is 66.7 Å². The van der Waals surface area contributed by atoms with E-state index in [-0.39, 0.29) is 55.1 Å². The first-order valence-electron chi connectivity index (χ1n) is 13.7. The van der Waals surface area contributed by atoms with Crippen LogP contribution in [0.1, 0.15) is 47.9 Å². The van der Waals surface area contributed by atoms with Crippen LogP contribution in [0, 0.1) is 22.9 Å². The molecule has 0 bridgehead atoms. The van der Waals surface area contributed by atoms with E-state index in [1.807, 2.05) is 18.2 Å². The highest BCUT2D eigenvalue weighted by molar-refractivity contribution is 5.96. The molecular weight excluding hydrogens is 547 g/mol. The number of amidine groups is 1. The van der Waals surface area contributed by atoms with Gasteiger partial charge in [0.1, 0.15) is 18.6 Å². The summed E-state index contributed by atoms with van der Waals surface area (Å²) < 4.78 is 45.3. The van der Waals surface area contributed by atoms with Crippen molar-refractivity contribution in [1.82, 2.24) is 21.3 Å². The van der Waals surface area contributed by atoms with Crippen molar-refractivity contribution >= 4 is 17.6 Å². The average molecular weight is 582 g/mol. The zero-order valence-corrected chi connectivity index (χ0v) is 23.2. The fourth-order valence-electron chi connectivity index (χ4n) is 4.72. The van der Waals surface area contributed by atoms with Gasteiger partial charge in [-0.1, -0.05) is 60.7 Å². The second kappa shape index (κ2) is 14.6. The van der Waals surface area contributed by atoms with Gasteiger partial charge in [-0.2, -0.15) is 0 Å². The summed E-state index contributed by atoms with van der Waals surface area (Å²) in [7, 11) is 0. The number of benzene rings is 3. The van der Waals surface area contributed by atoms with Gasteiger partial charge in [0, 0.05) is 17.7 Å². The Morgan fingerprint density at radius 1 is 1.00 bits per heavy atom. The molecule has 2 amide bonds. The molecule has 3 aromatic carbocycles. The van der Waals surface area contributed by atoms with Crippen LogP contribution < -0.4 is 21.3 Å². The Morgan fingerprint density at radius 3 is 2.48 bits per heavy atom. The fourth-order valence-corrected chi connectivity index (χ4v) is 4.72. The molecule has 1 saturated heterocycles. The lowest BCUT2D eigenvalue weighted by molar-refractivity contribution is -0.130. The summed E-state index contributed by atoms with van der Waals surface area (Å²) in [6, 6.07) is 17.8. The summed E-state index contributed by atoms with van der Waals surface area (Å²) in [6.45, 7) is 2.16. The maximum absolute atomic E-state index is 13.7. The Balaban J connectivity index is 1.17. The number of amides is 2. The molecule has 0 radical (unpaired) electrons. The predicted molar refractivity (Wildman–Crippen MR) is 152 cm³/mol. The zero-order chi connectivity index (χ0) is 30.1. The van der Waals surface area contributed by atoms with Gasteiger partial charge in [0.2, 0.25) is 11.8 Å². The van der Waals surface area contributed by atoms with Gasteiger partial charge in [-0.15, -0.1) is 0 Å². The van der Waals surface area contributed by atoms with E-state index in [0.717, 1.165) is 30.7 Å². The molecule has 8 nitrogen and oxygen atoms in total. The molecule has 222 valence electrons. The molecule has 1 aliphatic heterocycles. The predicted octanol–water partition coefficient (Wildman–Crippen LogP) is 3.85. The lowest BCUT2D eigenvalue weighted by atomic mass is 9.86. The molecule has 0 saturated carbocycles. The van der Waals surface area contributed by atoms with Crippen LogP contribution in [0.3, 0.4) is 0 Å². The molecule has 3 aromatic rings. The van der Waals surface area contributed by atoms with Crippen molar-refractivity contribution in [1.29, 1.82) is 5.41 Å². The molecule has 1 aliphatic rings. The van der Waals surface area contributed by atoms with Gasteiger partial charge in [0.15, 0.2) is 17.5 Å². The summed E-state index contributed by atoms with van der Waals surface area (Å²) in [4.78, 5) is 25.5. The maximum atomic E-state index is 13.7. The van der Waals surface area contributed by atoms with Crippen molar-refractivity contribution in [2.45, 2.75) is 50.9 Å². The summed E-state index contributed by atoms with van der Waals surface area (Å²) in [5.41, 5.74) is 2.42. The first-order chi connectivity index (χ1) is 20.2. The molecule has 0 unspecified atom stereocenters. The van der Waals surface area contributed by atoms with E-state index in [4.69, 9.17) is 10.1 Å². The third kappa shape index (κ3) is 8.17. The fraction of sp³-hybridized carbons (Fsp3) is 0.323. The second-order valence-corrected chi connectivity index (χ2v) is 10.2. The van der Waals surface area contributed by atoms with E-state index >= 15 is 0 Å². The molecule has 1 heterocycles. The highest BCUT2D eigenvalue weighted by Crippen LogP contribution is 2.27. The second-order valence-electron chi connectivity index (χ2n) is 10.2. The van der Waals surface area contributed by atoms with E-state index in [0.29, 0.717) is 12.0 Å². The number of piperidine rings is 1. The maximum Gasteiger partial charge on any atom is 0.242 e. The number of hydrogen-bond acceptors (Lipinski definition) is 5. The van der Waals surface area contributed by atoms with Crippen LogP contribution in [0.2, 0.25) is 0 Å². The van der Waals surface area contributed by atoms with Crippen LogP contribution in [0.5, 0.6) is 0 Å². The molecule has 0 aromatic heterocycles. The van der Waals surface area contributed by atoms with E-state index in [9.17, 15) is 22.8 Å². The number of carbonyl (C=O) groups excluding carboxylic acids is 2. The number of hydrogen-bond donors (Lipinski definition) is 5. The molecule has 0 spiro atoms. The number of rotatable bonds is 11. The third-order valence-electron chi connectivity index (χ3n) is 7.18. The average Bonchev–Trinajstić information content (AvgIpc) is 3.02. The number of carbonyl (C=O) groups is 2. The highest BCUT2D eigenvalue weighted by atomic mass is 19.2. The standard InChI is InChI=1S/C31H34F3N5O3/c1-19(39-31(41)26-15-23(13-14-36-26)21-5-3-2-4-6-21)30(40)37-16-20-7-9-22(10-8-20)29(35)38-18-42-17-24-11-12-25(32)28(34)27(24)33/h2-12,19,23,26,36H,13-18H2,1H3,(H2,35,38)(H,37,40)(H,39,41)/t19-,23-,26+/m0/s1. The monoisotopic (exact) mass is 581 g/mol. The van der Waals surface area contributed by atoms with Crippen molar-refractivity contribution < 1.29 is 27.5 Å². The minimum Gasteiger partial charge on any atom is -0.357 e. The number of ether oxygens (including phenoxy) is 1. The molecule has 42 heavy (non-hydrogen) atoms. The minimum atomic E-state index is -1.55. The Bertz CT molecular complexity index is 1390. The van der Waals surface area contributed by atoms with Gasteiger partial charge in [-0.25, -0.2) is 13.2 Å². The van der Waals surface area contributed by atoms with E-state index in [2.05, 4.69) is 33.4 Å². The molecule has 11 heteroatoms. The van der Waals surface area contributed by atoms with Crippen molar-refractivity contribution in [3.05, 3.63) is 106 Å². The highest BCUT2D eigenvalue weighted by Gasteiger charge is 2.29. The van der Waals surface area contributed by atoms with Gasteiger partial charge in [-0.3, -0.25) is 15.0 Å². The van der Waals surface area contributed by atoms with Crippen LogP contribution in [-0.4, -0.2) is 43.0 Å². The molecule has 5 N–H and O–H groups in total. The van der Waals surface area contributed by atoms with Gasteiger partial charge in [0.05, 0.1) is 12.6 Å². The largest absolute Gasteiger partial charge is 0.357 e. The van der Waals surface area contributed by atoms with Crippen LogP contribution in [0.4, 0.5) is 13.2 Å². The molecule has 0 aliphatic carbocycles. The molecule has 4 rings (SSSR count). The number of halogens is 3. The van der Waals surface area contributed by atoms with Gasteiger partial charge >= 0.3 is 0 Å². The molecule has 3 atom stereocenters. The van der Waals surface area contributed by atoms with Gasteiger partial charge < -0.3 is 26.0 Å². The third-order valence-corrected chi connectivity index (χ3v) is 7.18. The molecular formula is C31H34F3N5O3. The van der Waals surface area contributed by atoms with E-state index < -0.39 is 23.5 Å². The molecule has 1 fully saturated rings. The smallest absolute Gasteiger partial charge is 0.242 e. The lowest BCUT2D eigenvalue weighted by Crippen LogP contribution is -2.53. The van der Waals surface area contributed by atoms with Crippen molar-refractivity contribution in [3.8, 4) is 0 Å². The van der Waals surface area contributed by atoms with Crippen LogP contribution in [-0.2, 0) is 27.5 Å². The summed E-state index contributed by atoms with van der Waals surface area (Å²) in [5.74, 6) is -4.32. The van der Waals surface area contributed by atoms with Crippen LogP contribution >= 0.6 is 0 Å². The lowest BCUT2D eigenvalue weighted by Gasteiger charge is -2.30. The SMILES string of the molecule is C[C@H](NC(=O)[C@H]1C[C@@H](c2ccccc2)CCN1)C(=O)NCc1ccc(C(=N)NCOCc2ccc(F)c(F)c2F)cc1. The minimum absolute atomic E-state index is 0.0403. The zero-order valence-electron chi connectivity index (χ0n) is 23.2. The Kier molecular flexibility index (Phi) is 10.7. The Morgan fingerprint density at radius 2 is 1.74 bits per heavy atom. The van der Waals surface area contributed by atoms with Crippen LogP contribution in [0.25, 0.3) is 0 Å². The topological polar surface area (TPSA) is 115 Å². The Hall–Kier alpha value is -4.22. The normalized spacial score (nSPS) is 17.2. The van der Waals surface area contributed by atoms with E-state index in [1.165, 1.54) is 5.56 Å². The van der Waals surface area contributed by atoms with Crippen molar-refractivity contribution in [3.63, 3.8) is 0 Å². The quantitative estimate of drug-likeness (QED) is 0.0776. The van der Waals surface area contributed by atoms with Crippen molar-refractivity contribution in [2.24, 2.45) is 0 Å². The van der Waals surface area contributed by atoms with Crippen molar-refractivity contribution in [2.75, 3.05) is 13.3 Å². The first-order valence-corrected chi connectivity index (χ1v) is 13.7.